The fourth-order valence-corrected chi connectivity index (χ4v) is 0.827. The number of ether oxygens (including phenoxy) is 1. The van der Waals surface area contributed by atoms with Gasteiger partial charge in [-0.25, -0.2) is 0 Å². The van der Waals surface area contributed by atoms with Gasteiger partial charge in [0.05, 0.1) is 12.6 Å². The molecular formula is C8H18N2O2. The zero-order valence-corrected chi connectivity index (χ0v) is 7.96. The van der Waals surface area contributed by atoms with E-state index in [0.29, 0.717) is 13.0 Å². The van der Waals surface area contributed by atoms with E-state index in [9.17, 15) is 4.79 Å². The first kappa shape index (κ1) is 11.4. The maximum absolute atomic E-state index is 11.2. The van der Waals surface area contributed by atoms with Gasteiger partial charge in [0.15, 0.2) is 0 Å². The Morgan fingerprint density at radius 1 is 1.67 bits per heavy atom. The molecule has 0 aliphatic carbocycles. The Morgan fingerprint density at radius 3 is 2.67 bits per heavy atom. The number of carbonyl (C=O) groups is 1. The van der Waals surface area contributed by atoms with E-state index in [1.54, 1.807) is 7.11 Å². The Balaban J connectivity index is 3.67. The molecule has 0 saturated heterocycles. The summed E-state index contributed by atoms with van der Waals surface area (Å²) in [5, 5.41) is 2.74. The summed E-state index contributed by atoms with van der Waals surface area (Å²) in [6, 6.07) is -0.371. The van der Waals surface area contributed by atoms with Crippen LogP contribution in [0.15, 0.2) is 0 Å². The second-order valence-corrected chi connectivity index (χ2v) is 2.88. The van der Waals surface area contributed by atoms with E-state index >= 15 is 0 Å². The van der Waals surface area contributed by atoms with E-state index in [1.165, 1.54) is 0 Å². The predicted molar refractivity (Wildman–Crippen MR) is 47.7 cm³/mol. The molecule has 4 heteroatoms. The average molecular weight is 174 g/mol. The van der Waals surface area contributed by atoms with Crippen molar-refractivity contribution < 1.29 is 9.53 Å². The number of carbonyl (C=O) groups excluding carboxylic acids is 1. The van der Waals surface area contributed by atoms with Crippen LogP contribution in [0.1, 0.15) is 20.3 Å². The van der Waals surface area contributed by atoms with Crippen LogP contribution in [0.2, 0.25) is 0 Å². The van der Waals surface area contributed by atoms with Crippen LogP contribution >= 0.6 is 0 Å². The summed E-state index contributed by atoms with van der Waals surface area (Å²) >= 11 is 0. The Bertz CT molecular complexity index is 139. The van der Waals surface area contributed by atoms with Gasteiger partial charge in [-0.05, 0) is 13.3 Å². The van der Waals surface area contributed by atoms with E-state index in [0.717, 1.165) is 0 Å². The van der Waals surface area contributed by atoms with Crippen LogP contribution in [0.5, 0.6) is 0 Å². The summed E-state index contributed by atoms with van der Waals surface area (Å²) in [5.41, 5.74) is 5.51. The number of methoxy groups -OCH3 is 1. The molecule has 0 aromatic rings. The van der Waals surface area contributed by atoms with Crippen molar-refractivity contribution in [2.75, 3.05) is 13.7 Å². The van der Waals surface area contributed by atoms with Crippen LogP contribution in [0.3, 0.4) is 0 Å². The highest BCUT2D eigenvalue weighted by molar-refractivity contribution is 5.81. The lowest BCUT2D eigenvalue weighted by molar-refractivity contribution is -0.123. The average Bonchev–Trinajstić information content (AvgIpc) is 2.03. The van der Waals surface area contributed by atoms with Crippen molar-refractivity contribution in [3.63, 3.8) is 0 Å². The lowest BCUT2D eigenvalue weighted by Gasteiger charge is -2.15. The van der Waals surface area contributed by atoms with Gasteiger partial charge in [0.2, 0.25) is 5.91 Å². The predicted octanol–water partition coefficient (Wildman–Crippen LogP) is -0.125. The molecule has 12 heavy (non-hydrogen) atoms. The molecule has 0 aliphatic rings. The third kappa shape index (κ3) is 4.31. The molecule has 1 amide bonds. The van der Waals surface area contributed by atoms with E-state index in [-0.39, 0.29) is 11.9 Å². The third-order valence-corrected chi connectivity index (χ3v) is 1.58. The van der Waals surface area contributed by atoms with E-state index < -0.39 is 6.04 Å². The molecule has 0 heterocycles. The minimum absolute atomic E-state index is 0.0279. The first-order valence-electron chi connectivity index (χ1n) is 4.16. The van der Waals surface area contributed by atoms with E-state index in [4.69, 9.17) is 10.5 Å². The maximum atomic E-state index is 11.2. The van der Waals surface area contributed by atoms with E-state index in [1.807, 2.05) is 13.8 Å². The standard InChI is InChI=1S/C8H18N2O2/c1-4-7(9)8(11)10-6(2)5-12-3/h6-7H,4-5,9H2,1-3H3,(H,10,11)/t6-,7+/m1/s1. The monoisotopic (exact) mass is 174 g/mol. The van der Waals surface area contributed by atoms with Crippen LogP contribution in [-0.4, -0.2) is 31.7 Å². The molecule has 2 atom stereocenters. The highest BCUT2D eigenvalue weighted by atomic mass is 16.5. The molecule has 0 saturated carbocycles. The molecule has 0 unspecified atom stereocenters. The number of amides is 1. The Morgan fingerprint density at radius 2 is 2.25 bits per heavy atom. The third-order valence-electron chi connectivity index (χ3n) is 1.58. The zero-order valence-electron chi connectivity index (χ0n) is 7.96. The number of nitrogens with two attached hydrogens (primary N) is 1. The molecule has 0 bridgehead atoms. The number of hydrogen-bond acceptors (Lipinski definition) is 3. The van der Waals surface area contributed by atoms with Crippen LogP contribution in [0.25, 0.3) is 0 Å². The topological polar surface area (TPSA) is 64.4 Å². The van der Waals surface area contributed by atoms with Crippen molar-refractivity contribution in [3.05, 3.63) is 0 Å². The van der Waals surface area contributed by atoms with Gasteiger partial charge in [0, 0.05) is 13.2 Å². The Hall–Kier alpha value is -0.610. The van der Waals surface area contributed by atoms with Gasteiger partial charge in [0.25, 0.3) is 0 Å². The lowest BCUT2D eigenvalue weighted by atomic mass is 10.2. The van der Waals surface area contributed by atoms with Crippen LogP contribution in [0.4, 0.5) is 0 Å². The first-order chi connectivity index (χ1) is 5.61. The fraction of sp³-hybridized carbons (Fsp3) is 0.875. The molecule has 0 aromatic heterocycles. The summed E-state index contributed by atoms with van der Waals surface area (Å²) in [4.78, 5) is 11.2. The van der Waals surface area contributed by atoms with Crippen LogP contribution in [0, 0.1) is 0 Å². The smallest absolute Gasteiger partial charge is 0.237 e. The second kappa shape index (κ2) is 5.97. The van der Waals surface area contributed by atoms with E-state index in [2.05, 4.69) is 5.32 Å². The summed E-state index contributed by atoms with van der Waals surface area (Å²) in [5.74, 6) is -0.109. The SMILES string of the molecule is CC[C@H](N)C(=O)N[C@H](C)COC. The van der Waals surface area contributed by atoms with Gasteiger partial charge < -0.3 is 15.8 Å². The Labute approximate surface area is 73.5 Å². The molecule has 0 aromatic carbocycles. The fourth-order valence-electron chi connectivity index (χ4n) is 0.827. The Kier molecular flexibility index (Phi) is 5.66. The van der Waals surface area contributed by atoms with Gasteiger partial charge >= 0.3 is 0 Å². The molecule has 0 radical (unpaired) electrons. The summed E-state index contributed by atoms with van der Waals surface area (Å²) in [6.45, 7) is 4.27. The normalized spacial score (nSPS) is 15.3. The number of rotatable bonds is 5. The molecule has 0 spiro atoms. The van der Waals surface area contributed by atoms with Crippen molar-refractivity contribution in [1.82, 2.24) is 5.32 Å². The maximum Gasteiger partial charge on any atom is 0.237 e. The molecule has 0 fully saturated rings. The molecule has 3 N–H and O–H groups in total. The van der Waals surface area contributed by atoms with Gasteiger partial charge in [-0.3, -0.25) is 4.79 Å². The summed E-state index contributed by atoms with van der Waals surface area (Å²) < 4.78 is 4.86. The largest absolute Gasteiger partial charge is 0.383 e. The van der Waals surface area contributed by atoms with Crippen molar-refractivity contribution in [2.24, 2.45) is 5.73 Å². The molecule has 4 nitrogen and oxygen atoms in total. The second-order valence-electron chi connectivity index (χ2n) is 2.88. The first-order valence-corrected chi connectivity index (χ1v) is 4.16. The molecular weight excluding hydrogens is 156 g/mol. The quantitative estimate of drug-likeness (QED) is 0.610. The zero-order chi connectivity index (χ0) is 9.56. The minimum atomic E-state index is -0.399. The van der Waals surface area contributed by atoms with Crippen molar-refractivity contribution >= 4 is 5.91 Å². The highest BCUT2D eigenvalue weighted by Gasteiger charge is 2.12. The van der Waals surface area contributed by atoms with Crippen LogP contribution < -0.4 is 11.1 Å². The molecule has 0 aliphatic heterocycles. The lowest BCUT2D eigenvalue weighted by Crippen LogP contribution is -2.45. The van der Waals surface area contributed by atoms with Gasteiger partial charge in [-0.2, -0.15) is 0 Å². The highest BCUT2D eigenvalue weighted by Crippen LogP contribution is 1.88. The van der Waals surface area contributed by atoms with Gasteiger partial charge in [-0.15, -0.1) is 0 Å². The number of nitrogens with one attached hydrogen (secondary N) is 1. The summed E-state index contributed by atoms with van der Waals surface area (Å²) in [6.07, 6.45) is 0.658. The van der Waals surface area contributed by atoms with Gasteiger partial charge in [-0.1, -0.05) is 6.92 Å². The van der Waals surface area contributed by atoms with Crippen molar-refractivity contribution in [3.8, 4) is 0 Å². The molecule has 72 valence electrons. The molecule has 0 rings (SSSR count). The minimum Gasteiger partial charge on any atom is -0.383 e. The van der Waals surface area contributed by atoms with Crippen LogP contribution in [-0.2, 0) is 9.53 Å². The number of hydrogen-bond donors (Lipinski definition) is 2. The van der Waals surface area contributed by atoms with Gasteiger partial charge in [0.1, 0.15) is 0 Å². The summed E-state index contributed by atoms with van der Waals surface area (Å²) in [7, 11) is 1.60. The van der Waals surface area contributed by atoms with Crippen molar-refractivity contribution in [1.29, 1.82) is 0 Å². The van der Waals surface area contributed by atoms with Crippen molar-refractivity contribution in [2.45, 2.75) is 32.4 Å².